The number of aryl methyl sites for hydroxylation is 1. The first-order chi connectivity index (χ1) is 12.0. The molecule has 1 aromatic carbocycles. The lowest BCUT2D eigenvalue weighted by Gasteiger charge is -2.24. The highest BCUT2D eigenvalue weighted by Gasteiger charge is 2.16. The summed E-state index contributed by atoms with van der Waals surface area (Å²) in [4.78, 5) is 12.8. The molecule has 0 spiro atoms. The van der Waals surface area contributed by atoms with Crippen molar-refractivity contribution in [2.45, 2.75) is 33.6 Å². The molecule has 0 saturated carbocycles. The lowest BCUT2D eigenvalue weighted by molar-refractivity contribution is 0.863. The summed E-state index contributed by atoms with van der Waals surface area (Å²) in [7, 11) is 0. The van der Waals surface area contributed by atoms with Crippen molar-refractivity contribution in [2.24, 2.45) is 0 Å². The quantitative estimate of drug-likeness (QED) is 0.472. The van der Waals surface area contributed by atoms with Crippen LogP contribution in [0.3, 0.4) is 0 Å². The fourth-order valence-electron chi connectivity index (χ4n) is 2.74. The maximum atomic E-state index is 4.83. The number of halogens is 1. The number of hydrogen-bond donors (Lipinski definition) is 0. The molecule has 0 radical (unpaired) electrons. The molecule has 25 heavy (non-hydrogen) atoms. The smallest absolute Gasteiger partial charge is 0.230 e. The Kier molecular flexibility index (Phi) is 5.54. The van der Waals surface area contributed by atoms with Crippen molar-refractivity contribution in [3.05, 3.63) is 57.5 Å². The van der Waals surface area contributed by atoms with Gasteiger partial charge in [0.05, 0.1) is 16.3 Å². The van der Waals surface area contributed by atoms with E-state index in [2.05, 4.69) is 82.3 Å². The van der Waals surface area contributed by atoms with E-state index in [0.29, 0.717) is 5.92 Å². The van der Waals surface area contributed by atoms with Crippen molar-refractivity contribution in [1.82, 2.24) is 9.97 Å². The predicted octanol–water partition coefficient (Wildman–Crippen LogP) is 6.56. The van der Waals surface area contributed by atoms with Crippen molar-refractivity contribution in [3.63, 3.8) is 0 Å². The molecule has 0 fully saturated rings. The Morgan fingerprint density at radius 1 is 1.16 bits per heavy atom. The van der Waals surface area contributed by atoms with Gasteiger partial charge in [-0.2, -0.15) is 0 Å². The lowest BCUT2D eigenvalue weighted by atomic mass is 10.0. The van der Waals surface area contributed by atoms with Crippen LogP contribution < -0.4 is 4.90 Å². The third kappa shape index (κ3) is 3.93. The molecule has 0 N–H and O–H groups in total. The lowest BCUT2D eigenvalue weighted by Crippen LogP contribution is -2.20. The Balaban J connectivity index is 2.04. The first-order valence-corrected chi connectivity index (χ1v) is 10.1. The predicted molar refractivity (Wildman–Crippen MR) is 111 cm³/mol. The first-order valence-electron chi connectivity index (χ1n) is 8.46. The van der Waals surface area contributed by atoms with E-state index in [9.17, 15) is 0 Å². The molecule has 130 valence electrons. The molecule has 0 aliphatic rings. The van der Waals surface area contributed by atoms with Crippen molar-refractivity contribution >= 4 is 38.9 Å². The number of aromatic nitrogens is 2. The van der Waals surface area contributed by atoms with Crippen LogP contribution in [0.25, 0.3) is 10.6 Å². The number of rotatable bonds is 5. The molecule has 3 nitrogen and oxygen atoms in total. The maximum absolute atomic E-state index is 4.83. The topological polar surface area (TPSA) is 29.0 Å². The number of nitrogens with zero attached hydrogens (tertiary/aromatic N) is 3. The Bertz CT molecular complexity index is 859. The van der Waals surface area contributed by atoms with Crippen molar-refractivity contribution < 1.29 is 0 Å². The van der Waals surface area contributed by atoms with Crippen LogP contribution in [0.2, 0.25) is 0 Å². The Hall–Kier alpha value is -1.72. The highest BCUT2D eigenvalue weighted by atomic mass is 79.9. The molecule has 5 heteroatoms. The Morgan fingerprint density at radius 3 is 2.56 bits per heavy atom. The van der Waals surface area contributed by atoms with E-state index >= 15 is 0 Å². The molecule has 0 unspecified atom stereocenters. The van der Waals surface area contributed by atoms with Crippen LogP contribution in [0.4, 0.5) is 11.6 Å². The van der Waals surface area contributed by atoms with E-state index in [1.165, 1.54) is 5.56 Å². The minimum absolute atomic E-state index is 0.501. The minimum atomic E-state index is 0.501. The van der Waals surface area contributed by atoms with E-state index in [-0.39, 0.29) is 0 Å². The van der Waals surface area contributed by atoms with Gasteiger partial charge in [0.2, 0.25) is 5.95 Å². The molecule has 3 aromatic rings. The summed E-state index contributed by atoms with van der Waals surface area (Å²) >= 11 is 5.43. The average molecular weight is 416 g/mol. The van der Waals surface area contributed by atoms with Gasteiger partial charge in [0.25, 0.3) is 0 Å². The second-order valence-corrected chi connectivity index (χ2v) is 8.08. The van der Waals surface area contributed by atoms with Gasteiger partial charge in [-0.15, -0.1) is 11.3 Å². The molecular weight excluding hydrogens is 394 g/mol. The summed E-state index contributed by atoms with van der Waals surface area (Å²) in [6, 6.07) is 12.7. The van der Waals surface area contributed by atoms with Crippen LogP contribution in [-0.2, 0) is 0 Å². The summed E-state index contributed by atoms with van der Waals surface area (Å²) in [5.41, 5.74) is 4.36. The largest absolute Gasteiger partial charge is 0.310 e. The van der Waals surface area contributed by atoms with E-state index < -0.39 is 0 Å². The molecule has 0 amide bonds. The number of anilines is 2. The van der Waals surface area contributed by atoms with Crippen LogP contribution >= 0.6 is 27.3 Å². The molecule has 0 saturated heterocycles. The van der Waals surface area contributed by atoms with Gasteiger partial charge in [-0.3, -0.25) is 0 Å². The maximum Gasteiger partial charge on any atom is 0.230 e. The second-order valence-electron chi connectivity index (χ2n) is 6.28. The standard InChI is InChI=1S/C20H22BrN3S/c1-5-24(18-9-8-15(13(2)3)12-16(18)21)20-22-14(4)11-17(23-20)19-7-6-10-25-19/h6-13H,5H2,1-4H3. The third-order valence-electron chi connectivity index (χ3n) is 4.10. The summed E-state index contributed by atoms with van der Waals surface area (Å²) < 4.78 is 1.07. The number of hydrogen-bond acceptors (Lipinski definition) is 4. The Morgan fingerprint density at radius 2 is 1.96 bits per heavy atom. The van der Waals surface area contributed by atoms with Crippen LogP contribution in [-0.4, -0.2) is 16.5 Å². The molecule has 3 rings (SSSR count). The van der Waals surface area contributed by atoms with Gasteiger partial charge in [-0.25, -0.2) is 9.97 Å². The normalized spacial score (nSPS) is 11.1. The average Bonchev–Trinajstić information content (AvgIpc) is 3.11. The third-order valence-corrected chi connectivity index (χ3v) is 5.63. The fraction of sp³-hybridized carbons (Fsp3) is 0.300. The monoisotopic (exact) mass is 415 g/mol. The molecule has 0 atom stereocenters. The summed E-state index contributed by atoms with van der Waals surface area (Å²) in [6.07, 6.45) is 0. The van der Waals surface area contributed by atoms with Crippen LogP contribution in [0.15, 0.2) is 46.3 Å². The van der Waals surface area contributed by atoms with E-state index in [1.54, 1.807) is 11.3 Å². The van der Waals surface area contributed by atoms with Crippen LogP contribution in [0, 0.1) is 6.92 Å². The van der Waals surface area contributed by atoms with E-state index in [0.717, 1.165) is 38.9 Å². The zero-order valence-corrected chi connectivity index (χ0v) is 17.4. The first kappa shape index (κ1) is 18.1. The van der Waals surface area contributed by atoms with Crippen molar-refractivity contribution in [3.8, 4) is 10.6 Å². The van der Waals surface area contributed by atoms with Gasteiger partial charge in [0, 0.05) is 16.7 Å². The minimum Gasteiger partial charge on any atom is -0.310 e. The molecule has 2 heterocycles. The fourth-order valence-corrected chi connectivity index (χ4v) is 4.04. The highest BCUT2D eigenvalue weighted by Crippen LogP contribution is 2.34. The molecule has 0 aliphatic carbocycles. The van der Waals surface area contributed by atoms with Gasteiger partial charge in [0.1, 0.15) is 0 Å². The summed E-state index contributed by atoms with van der Waals surface area (Å²) in [6.45, 7) is 9.35. The number of thiophene rings is 1. The molecule has 0 bridgehead atoms. The second kappa shape index (κ2) is 7.67. The highest BCUT2D eigenvalue weighted by molar-refractivity contribution is 9.10. The SMILES string of the molecule is CCN(c1nc(C)cc(-c2cccs2)n1)c1ccc(C(C)C)cc1Br. The van der Waals surface area contributed by atoms with E-state index in [1.807, 2.05) is 13.0 Å². The van der Waals surface area contributed by atoms with Crippen molar-refractivity contribution in [1.29, 1.82) is 0 Å². The van der Waals surface area contributed by atoms with E-state index in [4.69, 9.17) is 4.98 Å². The molecular formula is C20H22BrN3S. The molecule has 2 aromatic heterocycles. The summed E-state index contributed by atoms with van der Waals surface area (Å²) in [5.74, 6) is 1.24. The van der Waals surface area contributed by atoms with Gasteiger partial charge in [-0.1, -0.05) is 26.0 Å². The zero-order valence-electron chi connectivity index (χ0n) is 15.0. The van der Waals surface area contributed by atoms with Gasteiger partial charge >= 0.3 is 0 Å². The zero-order chi connectivity index (χ0) is 18.0. The Labute approximate surface area is 161 Å². The molecule has 0 aliphatic heterocycles. The van der Waals surface area contributed by atoms with Gasteiger partial charge in [0.15, 0.2) is 0 Å². The van der Waals surface area contributed by atoms with Crippen molar-refractivity contribution in [2.75, 3.05) is 11.4 Å². The van der Waals surface area contributed by atoms with Gasteiger partial charge < -0.3 is 4.90 Å². The van der Waals surface area contributed by atoms with Gasteiger partial charge in [-0.05, 0) is 70.9 Å². The van der Waals surface area contributed by atoms with Crippen LogP contribution in [0.1, 0.15) is 37.9 Å². The number of benzene rings is 1. The van der Waals surface area contributed by atoms with Crippen LogP contribution in [0.5, 0.6) is 0 Å². The summed E-state index contributed by atoms with van der Waals surface area (Å²) in [5, 5.41) is 2.07.